The van der Waals surface area contributed by atoms with Gasteiger partial charge in [-0.25, -0.2) is 0 Å². The van der Waals surface area contributed by atoms with Gasteiger partial charge in [0.25, 0.3) is 0 Å². The maximum Gasteiger partial charge on any atom is 0.176 e. The highest BCUT2D eigenvalue weighted by Gasteiger charge is 2.10. The zero-order chi connectivity index (χ0) is 13.2. The molecule has 19 heavy (non-hydrogen) atoms. The number of furan rings is 1. The molecule has 0 spiro atoms. The fraction of sp³-hybridized carbons (Fsp3) is 0.0667. The highest BCUT2D eigenvalue weighted by molar-refractivity contribution is 6.30. The normalized spacial score (nSPS) is 10.6. The molecule has 0 N–H and O–H groups in total. The average molecular weight is 275 g/mol. The summed E-state index contributed by atoms with van der Waals surface area (Å²) >= 11 is 5.92. The van der Waals surface area contributed by atoms with E-state index in [-0.39, 0.29) is 0 Å². The summed E-state index contributed by atoms with van der Waals surface area (Å²) < 4.78 is 16.5. The molecule has 0 atom stereocenters. The van der Waals surface area contributed by atoms with Gasteiger partial charge in [-0.2, -0.15) is 0 Å². The Balaban J connectivity index is 2.03. The summed E-state index contributed by atoms with van der Waals surface area (Å²) in [5.74, 6) is 1.81. The Morgan fingerprint density at radius 2 is 1.89 bits per heavy atom. The van der Waals surface area contributed by atoms with Crippen LogP contribution in [0.2, 0.25) is 5.02 Å². The number of fused-ring (bicyclic) bond motifs is 1. The zero-order valence-electron chi connectivity index (χ0n) is 10.2. The number of hydrogen-bond acceptors (Lipinski definition) is 3. The molecule has 3 rings (SSSR count). The van der Waals surface area contributed by atoms with Crippen molar-refractivity contribution in [2.75, 3.05) is 7.11 Å². The molecule has 1 heterocycles. The van der Waals surface area contributed by atoms with Crippen LogP contribution in [0.1, 0.15) is 0 Å². The fourth-order valence-electron chi connectivity index (χ4n) is 1.89. The molecule has 2 aromatic carbocycles. The van der Waals surface area contributed by atoms with Crippen molar-refractivity contribution in [2.45, 2.75) is 0 Å². The van der Waals surface area contributed by atoms with Gasteiger partial charge >= 0.3 is 0 Å². The first-order chi connectivity index (χ1) is 9.28. The summed E-state index contributed by atoms with van der Waals surface area (Å²) in [6, 6.07) is 12.8. The number of benzene rings is 2. The van der Waals surface area contributed by atoms with Crippen molar-refractivity contribution in [3.63, 3.8) is 0 Å². The van der Waals surface area contributed by atoms with Crippen molar-refractivity contribution in [1.82, 2.24) is 0 Å². The molecule has 0 bridgehead atoms. The van der Waals surface area contributed by atoms with Gasteiger partial charge in [0.2, 0.25) is 0 Å². The number of hydrogen-bond donors (Lipinski definition) is 0. The first kappa shape index (κ1) is 11.9. The first-order valence-electron chi connectivity index (χ1n) is 5.75. The minimum atomic E-state index is 0.580. The predicted molar refractivity (Wildman–Crippen MR) is 74.3 cm³/mol. The first-order valence-corrected chi connectivity index (χ1v) is 6.13. The number of para-hydroxylation sites is 1. The lowest BCUT2D eigenvalue weighted by Crippen LogP contribution is -1.90. The molecule has 3 aromatic rings. The van der Waals surface area contributed by atoms with Gasteiger partial charge in [-0.15, -0.1) is 0 Å². The Morgan fingerprint density at radius 3 is 2.74 bits per heavy atom. The van der Waals surface area contributed by atoms with Crippen LogP contribution in [0, 0.1) is 0 Å². The van der Waals surface area contributed by atoms with Crippen LogP contribution < -0.4 is 9.47 Å². The van der Waals surface area contributed by atoms with Gasteiger partial charge in [-0.3, -0.25) is 0 Å². The van der Waals surface area contributed by atoms with Crippen LogP contribution in [-0.2, 0) is 0 Å². The fourth-order valence-corrected chi connectivity index (χ4v) is 2.05. The molecule has 0 saturated carbocycles. The monoisotopic (exact) mass is 274 g/mol. The quantitative estimate of drug-likeness (QED) is 0.682. The molecule has 0 aliphatic rings. The minimum absolute atomic E-state index is 0.580. The van der Waals surface area contributed by atoms with E-state index in [4.69, 9.17) is 25.5 Å². The molecule has 0 aliphatic heterocycles. The van der Waals surface area contributed by atoms with Crippen LogP contribution in [0.15, 0.2) is 53.1 Å². The van der Waals surface area contributed by atoms with E-state index in [1.165, 1.54) is 0 Å². The molecule has 0 amide bonds. The van der Waals surface area contributed by atoms with E-state index in [2.05, 4.69) is 0 Å². The molecule has 1 aromatic heterocycles. The van der Waals surface area contributed by atoms with Gasteiger partial charge < -0.3 is 13.9 Å². The Bertz CT molecular complexity index is 718. The van der Waals surface area contributed by atoms with Gasteiger partial charge in [-0.05, 0) is 24.3 Å². The van der Waals surface area contributed by atoms with Gasteiger partial charge in [0.05, 0.1) is 13.4 Å². The standard InChI is InChI=1S/C15H11ClO3/c1-17-14-9-11(16)5-6-12(14)19-13-4-2-3-10-7-8-18-15(10)13/h2-9H,1H3. The SMILES string of the molecule is COc1cc(Cl)ccc1Oc1cccc2ccoc12. The Labute approximate surface area is 115 Å². The topological polar surface area (TPSA) is 31.6 Å². The number of ether oxygens (including phenoxy) is 2. The van der Waals surface area contributed by atoms with E-state index in [9.17, 15) is 0 Å². The lowest BCUT2D eigenvalue weighted by Gasteiger charge is -2.10. The summed E-state index contributed by atoms with van der Waals surface area (Å²) in [5, 5.41) is 1.59. The van der Waals surface area contributed by atoms with Crippen molar-refractivity contribution >= 4 is 22.6 Å². The van der Waals surface area contributed by atoms with E-state index in [1.54, 1.807) is 31.6 Å². The summed E-state index contributed by atoms with van der Waals surface area (Å²) in [5.41, 5.74) is 0.708. The second-order valence-corrected chi connectivity index (χ2v) is 4.43. The van der Waals surface area contributed by atoms with Crippen molar-refractivity contribution in [1.29, 1.82) is 0 Å². The third-order valence-corrected chi connectivity index (χ3v) is 3.02. The highest BCUT2D eigenvalue weighted by Crippen LogP contribution is 2.36. The molecular weight excluding hydrogens is 264 g/mol. The van der Waals surface area contributed by atoms with Crippen LogP contribution in [0.5, 0.6) is 17.2 Å². The summed E-state index contributed by atoms with van der Waals surface area (Å²) in [7, 11) is 1.58. The van der Waals surface area contributed by atoms with Crippen molar-refractivity contribution in [3.8, 4) is 17.2 Å². The molecule has 0 radical (unpaired) electrons. The van der Waals surface area contributed by atoms with Crippen LogP contribution in [-0.4, -0.2) is 7.11 Å². The van der Waals surface area contributed by atoms with Gasteiger partial charge in [0, 0.05) is 16.5 Å². The Hall–Kier alpha value is -2.13. The van der Waals surface area contributed by atoms with Crippen molar-refractivity contribution in [3.05, 3.63) is 53.8 Å². The largest absolute Gasteiger partial charge is 0.493 e. The Kier molecular flexibility index (Phi) is 3.05. The highest BCUT2D eigenvalue weighted by atomic mass is 35.5. The molecule has 0 fully saturated rings. The summed E-state index contributed by atoms with van der Waals surface area (Å²) in [4.78, 5) is 0. The van der Waals surface area contributed by atoms with Gasteiger partial charge in [0.1, 0.15) is 0 Å². The van der Waals surface area contributed by atoms with E-state index in [0.717, 1.165) is 5.39 Å². The molecule has 0 aliphatic carbocycles. The van der Waals surface area contributed by atoms with Crippen LogP contribution in [0.4, 0.5) is 0 Å². The third kappa shape index (κ3) is 2.25. The molecule has 96 valence electrons. The van der Waals surface area contributed by atoms with E-state index in [1.807, 2.05) is 24.3 Å². The minimum Gasteiger partial charge on any atom is -0.493 e. The molecular formula is C15H11ClO3. The number of methoxy groups -OCH3 is 1. The predicted octanol–water partition coefficient (Wildman–Crippen LogP) is 4.89. The maximum absolute atomic E-state index is 5.92. The number of rotatable bonds is 3. The van der Waals surface area contributed by atoms with Gasteiger partial charge in [0.15, 0.2) is 22.8 Å². The Morgan fingerprint density at radius 1 is 1.00 bits per heavy atom. The third-order valence-electron chi connectivity index (χ3n) is 2.79. The van der Waals surface area contributed by atoms with Crippen LogP contribution in [0.25, 0.3) is 11.0 Å². The van der Waals surface area contributed by atoms with E-state index >= 15 is 0 Å². The van der Waals surface area contributed by atoms with Crippen molar-refractivity contribution < 1.29 is 13.9 Å². The van der Waals surface area contributed by atoms with Crippen molar-refractivity contribution in [2.24, 2.45) is 0 Å². The van der Waals surface area contributed by atoms with E-state index < -0.39 is 0 Å². The lowest BCUT2D eigenvalue weighted by atomic mass is 10.2. The smallest absolute Gasteiger partial charge is 0.176 e. The van der Waals surface area contributed by atoms with Gasteiger partial charge in [-0.1, -0.05) is 23.7 Å². The second kappa shape index (κ2) is 4.86. The summed E-state index contributed by atoms with van der Waals surface area (Å²) in [6.45, 7) is 0. The zero-order valence-corrected chi connectivity index (χ0v) is 11.0. The van der Waals surface area contributed by atoms with Crippen LogP contribution in [0.3, 0.4) is 0 Å². The number of halogens is 1. The molecule has 3 nitrogen and oxygen atoms in total. The average Bonchev–Trinajstić information content (AvgIpc) is 2.90. The maximum atomic E-state index is 5.92. The summed E-state index contributed by atoms with van der Waals surface area (Å²) in [6.07, 6.45) is 1.64. The lowest BCUT2D eigenvalue weighted by molar-refractivity contribution is 0.378. The van der Waals surface area contributed by atoms with Crippen LogP contribution >= 0.6 is 11.6 Å². The second-order valence-electron chi connectivity index (χ2n) is 3.99. The molecule has 0 saturated heterocycles. The molecule has 0 unspecified atom stereocenters. The van der Waals surface area contributed by atoms with E-state index in [0.29, 0.717) is 27.9 Å². The molecule has 4 heteroatoms.